The molecule has 0 aromatic heterocycles. The van der Waals surface area contributed by atoms with Gasteiger partial charge in [-0.1, -0.05) is 25.8 Å². The molecule has 0 bridgehead atoms. The van der Waals surface area contributed by atoms with E-state index in [0.29, 0.717) is 5.78 Å². The Balaban J connectivity index is 2.20. The predicted molar refractivity (Wildman–Crippen MR) is 41.8 cm³/mol. The van der Waals surface area contributed by atoms with Crippen LogP contribution in [0, 0.1) is 0 Å². The van der Waals surface area contributed by atoms with E-state index in [9.17, 15) is 4.79 Å². The summed E-state index contributed by atoms with van der Waals surface area (Å²) in [5.41, 5.74) is 1.08. The zero-order valence-electron chi connectivity index (χ0n) is 6.52. The maximum Gasteiger partial charge on any atom is 0.158 e. The van der Waals surface area contributed by atoms with Crippen LogP contribution in [0.1, 0.15) is 39.0 Å². The van der Waals surface area contributed by atoms with Crippen molar-refractivity contribution in [1.29, 1.82) is 0 Å². The van der Waals surface area contributed by atoms with Gasteiger partial charge in [0.2, 0.25) is 0 Å². The van der Waals surface area contributed by atoms with E-state index < -0.39 is 0 Å². The summed E-state index contributed by atoms with van der Waals surface area (Å²) in [4.78, 5) is 10.8. The summed E-state index contributed by atoms with van der Waals surface area (Å²) in [6.45, 7) is 2.17. The van der Waals surface area contributed by atoms with Crippen LogP contribution in [0.3, 0.4) is 0 Å². The summed E-state index contributed by atoms with van der Waals surface area (Å²) in [5.74, 6) is 0.371. The highest BCUT2D eigenvalue weighted by molar-refractivity contribution is 6.01. The number of Topliss-reactive ketones (excluding diaryl/α,β-unsaturated/α-hetero) is 1. The maximum absolute atomic E-state index is 10.8. The molecule has 0 radical (unpaired) electrons. The first-order valence-electron chi connectivity index (χ1n) is 4.07. The minimum absolute atomic E-state index is 0.371. The largest absolute Gasteiger partial charge is 0.295 e. The SMILES string of the molecule is CCCCC=C1CCC1=O. The Morgan fingerprint density at radius 2 is 2.30 bits per heavy atom. The smallest absolute Gasteiger partial charge is 0.158 e. The highest BCUT2D eigenvalue weighted by Crippen LogP contribution is 2.21. The predicted octanol–water partition coefficient (Wildman–Crippen LogP) is 2.47. The van der Waals surface area contributed by atoms with Crippen molar-refractivity contribution in [2.75, 3.05) is 0 Å². The lowest BCUT2D eigenvalue weighted by atomic mass is 9.89. The van der Waals surface area contributed by atoms with Gasteiger partial charge in [0.25, 0.3) is 0 Å². The van der Waals surface area contributed by atoms with E-state index in [0.717, 1.165) is 24.8 Å². The number of ketones is 1. The van der Waals surface area contributed by atoms with Crippen LogP contribution in [0.4, 0.5) is 0 Å². The van der Waals surface area contributed by atoms with Gasteiger partial charge in [-0.3, -0.25) is 4.79 Å². The van der Waals surface area contributed by atoms with E-state index in [2.05, 4.69) is 13.0 Å². The van der Waals surface area contributed by atoms with Crippen LogP contribution in [0.2, 0.25) is 0 Å². The molecule has 0 spiro atoms. The number of rotatable bonds is 3. The van der Waals surface area contributed by atoms with Crippen molar-refractivity contribution in [3.63, 3.8) is 0 Å². The monoisotopic (exact) mass is 138 g/mol. The maximum atomic E-state index is 10.8. The Kier molecular flexibility index (Phi) is 2.67. The first-order chi connectivity index (χ1) is 4.84. The third-order valence-electron chi connectivity index (χ3n) is 1.93. The van der Waals surface area contributed by atoms with Crippen molar-refractivity contribution in [2.24, 2.45) is 0 Å². The van der Waals surface area contributed by atoms with Gasteiger partial charge >= 0.3 is 0 Å². The minimum atomic E-state index is 0.371. The molecule has 56 valence electrons. The Morgan fingerprint density at radius 1 is 1.50 bits per heavy atom. The molecule has 0 aliphatic heterocycles. The second-order valence-electron chi connectivity index (χ2n) is 2.79. The topological polar surface area (TPSA) is 17.1 Å². The molecule has 0 saturated heterocycles. The van der Waals surface area contributed by atoms with Gasteiger partial charge in [0.1, 0.15) is 0 Å². The van der Waals surface area contributed by atoms with Gasteiger partial charge in [0, 0.05) is 6.42 Å². The number of carbonyl (C=O) groups excluding carboxylic acids is 1. The number of hydrogen-bond acceptors (Lipinski definition) is 1. The summed E-state index contributed by atoms with van der Waals surface area (Å²) in [7, 11) is 0. The molecule has 0 aromatic rings. The molecule has 1 rings (SSSR count). The molecule has 0 heterocycles. The number of hydrogen-bond donors (Lipinski definition) is 0. The van der Waals surface area contributed by atoms with Crippen LogP contribution in [-0.4, -0.2) is 5.78 Å². The Hall–Kier alpha value is -0.590. The molecule has 0 N–H and O–H groups in total. The van der Waals surface area contributed by atoms with Gasteiger partial charge in [-0.25, -0.2) is 0 Å². The summed E-state index contributed by atoms with van der Waals surface area (Å²) >= 11 is 0. The van der Waals surface area contributed by atoms with Crippen LogP contribution in [0.5, 0.6) is 0 Å². The van der Waals surface area contributed by atoms with Crippen LogP contribution in [0.15, 0.2) is 11.6 Å². The van der Waals surface area contributed by atoms with E-state index in [-0.39, 0.29) is 0 Å². The fourth-order valence-corrected chi connectivity index (χ4v) is 1.07. The van der Waals surface area contributed by atoms with Gasteiger partial charge in [-0.05, 0) is 18.4 Å². The number of carbonyl (C=O) groups is 1. The summed E-state index contributed by atoms with van der Waals surface area (Å²) in [6.07, 6.45) is 7.46. The zero-order valence-corrected chi connectivity index (χ0v) is 6.52. The molecule has 1 aliphatic rings. The lowest BCUT2D eigenvalue weighted by molar-refractivity contribution is -0.118. The van der Waals surface area contributed by atoms with Crippen molar-refractivity contribution in [3.05, 3.63) is 11.6 Å². The second kappa shape index (κ2) is 3.55. The Morgan fingerprint density at radius 3 is 2.70 bits per heavy atom. The molecule has 1 heteroatoms. The van der Waals surface area contributed by atoms with Gasteiger partial charge in [-0.2, -0.15) is 0 Å². The third kappa shape index (κ3) is 1.69. The fraction of sp³-hybridized carbons (Fsp3) is 0.667. The summed E-state index contributed by atoms with van der Waals surface area (Å²) in [5, 5.41) is 0. The summed E-state index contributed by atoms with van der Waals surface area (Å²) in [6, 6.07) is 0. The molecular formula is C9H14O. The van der Waals surface area contributed by atoms with Crippen LogP contribution in [-0.2, 0) is 4.79 Å². The van der Waals surface area contributed by atoms with Crippen molar-refractivity contribution in [1.82, 2.24) is 0 Å². The van der Waals surface area contributed by atoms with Gasteiger partial charge in [0.15, 0.2) is 5.78 Å². The van der Waals surface area contributed by atoms with Crippen molar-refractivity contribution >= 4 is 5.78 Å². The molecule has 1 saturated carbocycles. The lowest BCUT2D eigenvalue weighted by Crippen LogP contribution is -2.13. The van der Waals surface area contributed by atoms with Crippen molar-refractivity contribution in [3.8, 4) is 0 Å². The zero-order chi connectivity index (χ0) is 7.40. The molecule has 0 aromatic carbocycles. The van der Waals surface area contributed by atoms with E-state index in [1.165, 1.54) is 12.8 Å². The van der Waals surface area contributed by atoms with Gasteiger partial charge in [-0.15, -0.1) is 0 Å². The van der Waals surface area contributed by atoms with Gasteiger partial charge < -0.3 is 0 Å². The highest BCUT2D eigenvalue weighted by Gasteiger charge is 2.18. The van der Waals surface area contributed by atoms with Gasteiger partial charge in [0.05, 0.1) is 0 Å². The van der Waals surface area contributed by atoms with Crippen LogP contribution in [0.25, 0.3) is 0 Å². The fourth-order valence-electron chi connectivity index (χ4n) is 1.07. The molecular weight excluding hydrogens is 124 g/mol. The molecule has 0 amide bonds. The second-order valence-corrected chi connectivity index (χ2v) is 2.79. The highest BCUT2D eigenvalue weighted by atomic mass is 16.1. The van der Waals surface area contributed by atoms with E-state index >= 15 is 0 Å². The molecule has 0 unspecified atom stereocenters. The van der Waals surface area contributed by atoms with Crippen LogP contribution < -0.4 is 0 Å². The van der Waals surface area contributed by atoms with E-state index in [1.54, 1.807) is 0 Å². The molecule has 1 fully saturated rings. The van der Waals surface area contributed by atoms with E-state index in [1.807, 2.05) is 0 Å². The average Bonchev–Trinajstić information content (AvgIpc) is 1.95. The number of unbranched alkanes of at least 4 members (excludes halogenated alkanes) is 2. The van der Waals surface area contributed by atoms with Crippen molar-refractivity contribution in [2.45, 2.75) is 39.0 Å². The quantitative estimate of drug-likeness (QED) is 0.432. The summed E-state index contributed by atoms with van der Waals surface area (Å²) < 4.78 is 0. The number of allylic oxidation sites excluding steroid dienone is 2. The minimum Gasteiger partial charge on any atom is -0.295 e. The first-order valence-corrected chi connectivity index (χ1v) is 4.07. The normalized spacial score (nSPS) is 21.3. The van der Waals surface area contributed by atoms with Crippen LogP contribution >= 0.6 is 0 Å². The molecule has 1 aliphatic carbocycles. The molecule has 10 heavy (non-hydrogen) atoms. The molecule has 1 nitrogen and oxygen atoms in total. The van der Waals surface area contributed by atoms with E-state index in [4.69, 9.17) is 0 Å². The lowest BCUT2D eigenvalue weighted by Gasteiger charge is -2.13. The third-order valence-corrected chi connectivity index (χ3v) is 1.93. The van der Waals surface area contributed by atoms with Crippen molar-refractivity contribution < 1.29 is 4.79 Å². The first kappa shape index (κ1) is 7.52. The standard InChI is InChI=1S/C9H14O/c1-2-3-4-5-8-6-7-9(8)10/h5H,2-4,6-7H2,1H3. The Bertz CT molecular complexity index is 156. The Labute approximate surface area is 62.1 Å². The average molecular weight is 138 g/mol. The molecule has 0 atom stereocenters.